The molecule has 0 radical (unpaired) electrons. The van der Waals surface area contributed by atoms with Crippen molar-refractivity contribution in [3.05, 3.63) is 18.6 Å². The Morgan fingerprint density at radius 2 is 2.12 bits per heavy atom. The average Bonchev–Trinajstić information content (AvgIpc) is 2.97. The fourth-order valence-electron chi connectivity index (χ4n) is 3.25. The summed E-state index contributed by atoms with van der Waals surface area (Å²) in [7, 11) is 1.98. The van der Waals surface area contributed by atoms with Crippen LogP contribution in [-0.2, 0) is 11.2 Å². The lowest BCUT2D eigenvalue weighted by Crippen LogP contribution is -2.45. The molecule has 3 rings (SSSR count). The number of alkyl halides is 3. The molecular formula is C16H21F3N4OS. The third-order valence-electron chi connectivity index (χ3n) is 4.68. The molecule has 2 aromatic rings. The molecule has 1 aliphatic rings. The first-order chi connectivity index (χ1) is 11.8. The molecule has 0 amide bonds. The van der Waals surface area contributed by atoms with Crippen molar-refractivity contribution < 1.29 is 17.7 Å². The highest BCUT2D eigenvalue weighted by Gasteiger charge is 2.36. The number of anilines is 1. The van der Waals surface area contributed by atoms with E-state index in [1.54, 1.807) is 0 Å². The minimum absolute atomic E-state index is 0.0570. The van der Waals surface area contributed by atoms with Crippen molar-refractivity contribution in [1.29, 1.82) is 0 Å². The second kappa shape index (κ2) is 7.41. The molecule has 1 unspecified atom stereocenters. The summed E-state index contributed by atoms with van der Waals surface area (Å²) in [4.78, 5) is 13.7. The van der Waals surface area contributed by atoms with Gasteiger partial charge in [0.25, 0.3) is 0 Å². The number of halogens is 3. The van der Waals surface area contributed by atoms with E-state index in [0.717, 1.165) is 29.7 Å². The number of fused-ring (bicyclic) bond motifs is 1. The Bertz CT molecular complexity index is 702. The maximum atomic E-state index is 12.1. The zero-order chi connectivity index (χ0) is 18.0. The molecule has 2 heterocycles. The molecule has 1 aliphatic carbocycles. The highest BCUT2D eigenvalue weighted by molar-refractivity contribution is 7.91. The van der Waals surface area contributed by atoms with Gasteiger partial charge in [-0.15, -0.1) is 0 Å². The van der Waals surface area contributed by atoms with E-state index in [4.69, 9.17) is 0 Å². The van der Waals surface area contributed by atoms with E-state index in [-0.39, 0.29) is 12.2 Å². The summed E-state index contributed by atoms with van der Waals surface area (Å²) in [6.07, 6.45) is 0.0546. The molecule has 138 valence electrons. The van der Waals surface area contributed by atoms with Crippen molar-refractivity contribution in [2.45, 2.75) is 37.9 Å². The number of nitrogens with one attached hydrogen (secondary N) is 1. The number of rotatable bonds is 7. The average molecular weight is 374 g/mol. The maximum absolute atomic E-state index is 12.1. The number of hydrogen-bond acceptors (Lipinski definition) is 4. The highest BCUT2D eigenvalue weighted by Crippen LogP contribution is 2.36. The van der Waals surface area contributed by atoms with Crippen molar-refractivity contribution in [3.8, 4) is 0 Å². The van der Waals surface area contributed by atoms with Gasteiger partial charge >= 0.3 is 6.18 Å². The van der Waals surface area contributed by atoms with Gasteiger partial charge in [-0.1, -0.05) is 11.2 Å². The minimum atomic E-state index is -4.16. The van der Waals surface area contributed by atoms with Gasteiger partial charge in [0, 0.05) is 38.0 Å². The van der Waals surface area contributed by atoms with Crippen LogP contribution in [0, 0.1) is 5.92 Å². The molecule has 1 atom stereocenters. The van der Waals surface area contributed by atoms with E-state index in [1.165, 1.54) is 6.33 Å². The molecule has 1 fully saturated rings. The van der Waals surface area contributed by atoms with Crippen molar-refractivity contribution >= 4 is 28.0 Å². The fraction of sp³-hybridized carbons (Fsp3) is 0.625. The SMILES string of the molecule is CN(c1ncnc2[nH]ccc12)[C@H]1C[C@@H](C[S+]([O-])CCCC(F)(F)F)C1. The predicted octanol–water partition coefficient (Wildman–Crippen LogP) is 3.26. The lowest BCUT2D eigenvalue weighted by molar-refractivity contribution is -0.134. The second-order valence-electron chi connectivity index (χ2n) is 6.57. The Balaban J connectivity index is 1.45. The van der Waals surface area contributed by atoms with Gasteiger partial charge in [0.15, 0.2) is 0 Å². The number of H-pyrrole nitrogens is 1. The first-order valence-electron chi connectivity index (χ1n) is 8.26. The molecule has 5 nitrogen and oxygen atoms in total. The topological polar surface area (TPSA) is 67.9 Å². The van der Waals surface area contributed by atoms with Gasteiger partial charge in [-0.05, 0) is 18.9 Å². The number of nitrogens with zero attached hydrogens (tertiary/aromatic N) is 3. The van der Waals surface area contributed by atoms with Gasteiger partial charge < -0.3 is 14.4 Å². The van der Waals surface area contributed by atoms with Crippen LogP contribution in [0.25, 0.3) is 11.0 Å². The molecule has 0 bridgehead atoms. The van der Waals surface area contributed by atoms with Crippen molar-refractivity contribution in [2.75, 3.05) is 23.5 Å². The highest BCUT2D eigenvalue weighted by atomic mass is 32.2. The van der Waals surface area contributed by atoms with Crippen LogP contribution in [0.15, 0.2) is 18.6 Å². The van der Waals surface area contributed by atoms with Crippen LogP contribution in [-0.4, -0.2) is 50.3 Å². The Labute approximate surface area is 147 Å². The molecule has 9 heteroatoms. The third-order valence-corrected chi connectivity index (χ3v) is 6.27. The van der Waals surface area contributed by atoms with Gasteiger partial charge in [0.1, 0.15) is 29.3 Å². The van der Waals surface area contributed by atoms with Crippen LogP contribution in [0.3, 0.4) is 0 Å². The van der Waals surface area contributed by atoms with Crippen LogP contribution in [0.4, 0.5) is 19.0 Å². The Kier molecular flexibility index (Phi) is 5.43. The summed E-state index contributed by atoms with van der Waals surface area (Å²) >= 11 is -1.17. The largest absolute Gasteiger partial charge is 0.616 e. The zero-order valence-corrected chi connectivity index (χ0v) is 14.7. The lowest BCUT2D eigenvalue weighted by Gasteiger charge is -2.41. The zero-order valence-electron chi connectivity index (χ0n) is 13.9. The summed E-state index contributed by atoms with van der Waals surface area (Å²) in [5, 5.41) is 0.962. The van der Waals surface area contributed by atoms with E-state index in [9.17, 15) is 17.7 Å². The van der Waals surface area contributed by atoms with E-state index in [0.29, 0.717) is 17.7 Å². The predicted molar refractivity (Wildman–Crippen MR) is 92.0 cm³/mol. The van der Waals surface area contributed by atoms with Gasteiger partial charge in [0.2, 0.25) is 0 Å². The Hall–Kier alpha value is -1.48. The van der Waals surface area contributed by atoms with Crippen LogP contribution < -0.4 is 4.90 Å². The Morgan fingerprint density at radius 3 is 2.84 bits per heavy atom. The molecule has 1 N–H and O–H groups in total. The smallest absolute Gasteiger partial charge is 0.389 e. The molecular weight excluding hydrogens is 353 g/mol. The lowest BCUT2D eigenvalue weighted by atomic mass is 9.81. The van der Waals surface area contributed by atoms with Crippen molar-refractivity contribution in [2.24, 2.45) is 5.92 Å². The standard InChI is InChI=1S/C16H21F3N4OS/c1-23(15-13-3-5-20-14(13)21-10-22-15)12-7-11(8-12)9-25(24)6-2-4-16(17,18)19/h3,5,10-12H,2,4,6-9H2,1H3,(H,20,21,22)/t11-,12+,25?. The number of hydrogen-bond donors (Lipinski definition) is 1. The van der Waals surface area contributed by atoms with Gasteiger partial charge in [0.05, 0.1) is 5.39 Å². The van der Waals surface area contributed by atoms with Gasteiger partial charge in [-0.25, -0.2) is 9.97 Å². The first kappa shape index (κ1) is 18.3. The fourth-order valence-corrected chi connectivity index (χ4v) is 4.68. The van der Waals surface area contributed by atoms with Crippen LogP contribution >= 0.6 is 0 Å². The van der Waals surface area contributed by atoms with Gasteiger partial charge in [-0.3, -0.25) is 0 Å². The van der Waals surface area contributed by atoms with E-state index >= 15 is 0 Å². The van der Waals surface area contributed by atoms with E-state index < -0.39 is 23.8 Å². The summed E-state index contributed by atoms with van der Waals surface area (Å²) in [6.45, 7) is 0. The maximum Gasteiger partial charge on any atom is 0.389 e. The Morgan fingerprint density at radius 1 is 1.36 bits per heavy atom. The van der Waals surface area contributed by atoms with Crippen LogP contribution in [0.1, 0.15) is 25.7 Å². The van der Waals surface area contributed by atoms with Crippen molar-refractivity contribution in [3.63, 3.8) is 0 Å². The van der Waals surface area contributed by atoms with Crippen LogP contribution in [0.5, 0.6) is 0 Å². The summed E-state index contributed by atoms with van der Waals surface area (Å²) in [6, 6.07) is 2.25. The van der Waals surface area contributed by atoms with Crippen LogP contribution in [0.2, 0.25) is 0 Å². The van der Waals surface area contributed by atoms with E-state index in [2.05, 4.69) is 19.9 Å². The molecule has 1 saturated carbocycles. The summed E-state index contributed by atoms with van der Waals surface area (Å²) in [5.41, 5.74) is 0.790. The van der Waals surface area contributed by atoms with Crippen molar-refractivity contribution in [1.82, 2.24) is 15.0 Å². The number of aromatic nitrogens is 3. The molecule has 2 aromatic heterocycles. The molecule has 25 heavy (non-hydrogen) atoms. The first-order valence-corrected chi connectivity index (χ1v) is 9.75. The summed E-state index contributed by atoms with van der Waals surface area (Å²) in [5.74, 6) is 1.79. The molecule has 0 aliphatic heterocycles. The molecule has 0 aromatic carbocycles. The third kappa shape index (κ3) is 4.58. The quantitative estimate of drug-likeness (QED) is 0.756. The minimum Gasteiger partial charge on any atom is -0.616 e. The summed E-state index contributed by atoms with van der Waals surface area (Å²) < 4.78 is 48.3. The molecule has 0 saturated heterocycles. The second-order valence-corrected chi connectivity index (χ2v) is 8.19. The normalized spacial score (nSPS) is 22.0. The number of aromatic amines is 1. The molecule has 0 spiro atoms. The monoisotopic (exact) mass is 374 g/mol. The van der Waals surface area contributed by atoms with Gasteiger partial charge in [-0.2, -0.15) is 13.2 Å². The van der Waals surface area contributed by atoms with E-state index in [1.807, 2.05) is 19.3 Å².